The Morgan fingerprint density at radius 3 is 2.69 bits per heavy atom. The molecule has 0 atom stereocenters. The lowest BCUT2D eigenvalue weighted by Crippen LogP contribution is -2.37. The van der Waals surface area contributed by atoms with Crippen LogP contribution in [0, 0.1) is 5.41 Å². The Balaban J connectivity index is 2.23. The molecule has 1 aromatic heterocycles. The van der Waals surface area contributed by atoms with Crippen molar-refractivity contribution in [2.75, 3.05) is 19.7 Å². The Labute approximate surface area is 97.5 Å². The first kappa shape index (κ1) is 13.2. The summed E-state index contributed by atoms with van der Waals surface area (Å²) in [5.41, 5.74) is 1.20. The van der Waals surface area contributed by atoms with Crippen LogP contribution in [0.4, 0.5) is 0 Å². The molecule has 0 radical (unpaired) electrons. The molecule has 0 spiro atoms. The van der Waals surface area contributed by atoms with Crippen LogP contribution in [0.3, 0.4) is 0 Å². The Hall–Kier alpha value is -0.870. The summed E-state index contributed by atoms with van der Waals surface area (Å²) in [6, 6.07) is 0. The predicted octanol–water partition coefficient (Wildman–Crippen LogP) is 1.34. The Kier molecular flexibility index (Phi) is 5.49. The van der Waals surface area contributed by atoms with Crippen LogP contribution in [0.15, 0.2) is 12.5 Å². The van der Waals surface area contributed by atoms with Crippen LogP contribution in [-0.4, -0.2) is 34.8 Å². The minimum Gasteiger partial charge on any atom is -0.396 e. The first-order chi connectivity index (χ1) is 7.76. The fourth-order valence-corrected chi connectivity index (χ4v) is 1.78. The number of imidazole rings is 1. The fraction of sp³-hybridized carbons (Fsp3) is 0.750. The quantitative estimate of drug-likeness (QED) is 0.585. The molecule has 16 heavy (non-hydrogen) atoms. The lowest BCUT2D eigenvalue weighted by atomic mass is 9.83. The molecule has 0 bridgehead atoms. The van der Waals surface area contributed by atoms with Gasteiger partial charge in [-0.3, -0.25) is 0 Å². The number of aromatic nitrogens is 2. The Morgan fingerprint density at radius 2 is 2.19 bits per heavy atom. The second-order valence-electron chi connectivity index (χ2n) is 4.37. The highest BCUT2D eigenvalue weighted by molar-refractivity contribution is 4.94. The van der Waals surface area contributed by atoms with Gasteiger partial charge in [0.2, 0.25) is 0 Å². The monoisotopic (exact) mass is 225 g/mol. The Bertz CT molecular complexity index is 260. The highest BCUT2D eigenvalue weighted by Gasteiger charge is 2.24. The van der Waals surface area contributed by atoms with E-state index in [1.54, 1.807) is 6.33 Å². The van der Waals surface area contributed by atoms with E-state index in [9.17, 15) is 5.11 Å². The molecule has 0 saturated heterocycles. The van der Waals surface area contributed by atoms with Gasteiger partial charge in [0.1, 0.15) is 0 Å². The van der Waals surface area contributed by atoms with Crippen molar-refractivity contribution in [2.45, 2.75) is 33.1 Å². The van der Waals surface area contributed by atoms with Gasteiger partial charge in [0.15, 0.2) is 0 Å². The zero-order chi connectivity index (χ0) is 11.9. The highest BCUT2D eigenvalue weighted by Crippen LogP contribution is 2.24. The first-order valence-electron chi connectivity index (χ1n) is 6.05. The van der Waals surface area contributed by atoms with Crippen molar-refractivity contribution in [2.24, 2.45) is 5.41 Å². The Morgan fingerprint density at radius 1 is 1.44 bits per heavy atom. The van der Waals surface area contributed by atoms with E-state index in [0.29, 0.717) is 0 Å². The number of hydrogen-bond acceptors (Lipinski definition) is 3. The van der Waals surface area contributed by atoms with Crippen LogP contribution in [0.5, 0.6) is 0 Å². The summed E-state index contributed by atoms with van der Waals surface area (Å²) in [5.74, 6) is 0. The van der Waals surface area contributed by atoms with Crippen molar-refractivity contribution in [3.05, 3.63) is 18.2 Å². The maximum absolute atomic E-state index is 9.40. The summed E-state index contributed by atoms with van der Waals surface area (Å²) < 4.78 is 0. The predicted molar refractivity (Wildman–Crippen MR) is 65.3 cm³/mol. The van der Waals surface area contributed by atoms with E-state index in [4.69, 9.17) is 0 Å². The summed E-state index contributed by atoms with van der Waals surface area (Å²) in [7, 11) is 0. The average molecular weight is 225 g/mol. The van der Waals surface area contributed by atoms with Gasteiger partial charge in [-0.1, -0.05) is 13.8 Å². The van der Waals surface area contributed by atoms with Crippen LogP contribution >= 0.6 is 0 Å². The van der Waals surface area contributed by atoms with Crippen LogP contribution in [0.2, 0.25) is 0 Å². The maximum Gasteiger partial charge on any atom is 0.0921 e. The molecule has 4 heteroatoms. The maximum atomic E-state index is 9.40. The van der Waals surface area contributed by atoms with Gasteiger partial charge in [-0.25, -0.2) is 4.98 Å². The van der Waals surface area contributed by atoms with Crippen molar-refractivity contribution in [1.29, 1.82) is 0 Å². The zero-order valence-electron chi connectivity index (χ0n) is 10.3. The molecule has 1 rings (SSSR count). The molecular formula is C12H23N3O. The number of aliphatic hydroxyl groups is 1. The molecule has 4 nitrogen and oxygen atoms in total. The second kappa shape index (κ2) is 6.66. The molecule has 92 valence electrons. The SMILES string of the molecule is CCC(CC)(CO)CNCCc1cnc[nH]1. The molecule has 0 aliphatic carbocycles. The molecule has 0 fully saturated rings. The molecular weight excluding hydrogens is 202 g/mol. The molecule has 3 N–H and O–H groups in total. The van der Waals surface area contributed by atoms with Gasteiger partial charge in [-0.05, 0) is 12.8 Å². The van der Waals surface area contributed by atoms with Crippen molar-refractivity contribution in [3.8, 4) is 0 Å². The van der Waals surface area contributed by atoms with E-state index in [1.165, 1.54) is 0 Å². The molecule has 0 unspecified atom stereocenters. The van der Waals surface area contributed by atoms with Crippen molar-refractivity contribution >= 4 is 0 Å². The van der Waals surface area contributed by atoms with Gasteiger partial charge < -0.3 is 15.4 Å². The molecule has 0 saturated carbocycles. The molecule has 0 amide bonds. The fourth-order valence-electron chi connectivity index (χ4n) is 1.78. The number of nitrogens with zero attached hydrogens (tertiary/aromatic N) is 1. The van der Waals surface area contributed by atoms with Crippen molar-refractivity contribution in [3.63, 3.8) is 0 Å². The summed E-state index contributed by atoms with van der Waals surface area (Å²) in [6.07, 6.45) is 6.52. The van der Waals surface area contributed by atoms with Crippen LogP contribution in [-0.2, 0) is 6.42 Å². The third-order valence-electron chi connectivity index (χ3n) is 3.46. The molecule has 0 aromatic carbocycles. The van der Waals surface area contributed by atoms with Gasteiger partial charge in [0.25, 0.3) is 0 Å². The number of aliphatic hydroxyl groups excluding tert-OH is 1. The van der Waals surface area contributed by atoms with Crippen LogP contribution in [0.1, 0.15) is 32.4 Å². The lowest BCUT2D eigenvalue weighted by Gasteiger charge is -2.29. The zero-order valence-corrected chi connectivity index (χ0v) is 10.3. The standard InChI is InChI=1S/C12H23N3O/c1-3-12(4-2,9-16)8-13-6-5-11-7-14-10-15-11/h7,10,13,16H,3-6,8-9H2,1-2H3,(H,14,15). The largest absolute Gasteiger partial charge is 0.396 e. The van der Waals surface area contributed by atoms with E-state index in [0.717, 1.165) is 38.0 Å². The van der Waals surface area contributed by atoms with E-state index in [2.05, 4.69) is 29.1 Å². The van der Waals surface area contributed by atoms with Gasteiger partial charge in [-0.15, -0.1) is 0 Å². The summed E-state index contributed by atoms with van der Waals surface area (Å²) >= 11 is 0. The molecule has 0 aliphatic heterocycles. The van der Waals surface area contributed by atoms with Crippen LogP contribution < -0.4 is 5.32 Å². The van der Waals surface area contributed by atoms with E-state index in [1.807, 2.05) is 6.20 Å². The molecule has 0 aliphatic rings. The summed E-state index contributed by atoms with van der Waals surface area (Å²) in [4.78, 5) is 7.05. The van der Waals surface area contributed by atoms with Crippen LogP contribution in [0.25, 0.3) is 0 Å². The third-order valence-corrected chi connectivity index (χ3v) is 3.46. The van der Waals surface area contributed by atoms with Gasteiger partial charge in [0, 0.05) is 43.4 Å². The van der Waals surface area contributed by atoms with Gasteiger partial charge >= 0.3 is 0 Å². The minimum absolute atomic E-state index is 0.0496. The number of H-pyrrole nitrogens is 1. The first-order valence-corrected chi connectivity index (χ1v) is 6.05. The van der Waals surface area contributed by atoms with Crippen molar-refractivity contribution in [1.82, 2.24) is 15.3 Å². The lowest BCUT2D eigenvalue weighted by molar-refractivity contribution is 0.113. The molecule has 1 aromatic rings. The second-order valence-corrected chi connectivity index (χ2v) is 4.37. The summed E-state index contributed by atoms with van der Waals surface area (Å²) in [5, 5.41) is 12.8. The van der Waals surface area contributed by atoms with E-state index < -0.39 is 0 Å². The normalized spacial score (nSPS) is 11.9. The molecule has 1 heterocycles. The van der Waals surface area contributed by atoms with Gasteiger partial charge in [0.05, 0.1) is 6.33 Å². The smallest absolute Gasteiger partial charge is 0.0921 e. The highest BCUT2D eigenvalue weighted by atomic mass is 16.3. The number of aromatic amines is 1. The van der Waals surface area contributed by atoms with Crippen molar-refractivity contribution < 1.29 is 5.11 Å². The van der Waals surface area contributed by atoms with E-state index in [-0.39, 0.29) is 12.0 Å². The minimum atomic E-state index is 0.0496. The number of rotatable bonds is 8. The number of hydrogen-bond donors (Lipinski definition) is 3. The number of nitrogens with one attached hydrogen (secondary N) is 2. The topological polar surface area (TPSA) is 60.9 Å². The average Bonchev–Trinajstić information content (AvgIpc) is 2.83. The summed E-state index contributed by atoms with van der Waals surface area (Å²) in [6.45, 7) is 6.33. The van der Waals surface area contributed by atoms with E-state index >= 15 is 0 Å². The third kappa shape index (κ3) is 3.61. The van der Waals surface area contributed by atoms with Gasteiger partial charge in [-0.2, -0.15) is 0 Å².